The second kappa shape index (κ2) is 7.19. The molecule has 0 aromatic carbocycles. The van der Waals surface area contributed by atoms with Crippen molar-refractivity contribution in [3.8, 4) is 5.88 Å². The molecule has 1 aliphatic rings. The van der Waals surface area contributed by atoms with Crippen LogP contribution in [0.1, 0.15) is 36.6 Å². The van der Waals surface area contributed by atoms with Gasteiger partial charge in [0.25, 0.3) is 5.88 Å². The molecule has 0 spiro atoms. The zero-order valence-corrected chi connectivity index (χ0v) is 14.8. The van der Waals surface area contributed by atoms with E-state index in [0.29, 0.717) is 30.4 Å². The highest BCUT2D eigenvalue weighted by molar-refractivity contribution is 5.79. The summed E-state index contributed by atoms with van der Waals surface area (Å²) in [5.41, 5.74) is 2.28. The van der Waals surface area contributed by atoms with Crippen LogP contribution in [0.4, 0.5) is 0 Å². The molecule has 4 heterocycles. The van der Waals surface area contributed by atoms with Crippen molar-refractivity contribution >= 4 is 16.8 Å². The van der Waals surface area contributed by atoms with Crippen LogP contribution in [0.2, 0.25) is 0 Å². The third kappa shape index (κ3) is 3.42. The number of aromatic nitrogens is 3. The number of H-pyrrole nitrogens is 1. The van der Waals surface area contributed by atoms with Crippen molar-refractivity contribution in [1.29, 1.82) is 0 Å². The zero-order chi connectivity index (χ0) is 17.9. The van der Waals surface area contributed by atoms with Gasteiger partial charge in [-0.05, 0) is 30.1 Å². The molecular weight excluding hydrogens is 332 g/mol. The first-order valence-electron chi connectivity index (χ1n) is 8.93. The number of hydrogen-bond acceptors (Lipinski definition) is 5. The number of likely N-dealkylation sites (tertiary alicyclic amines) is 1. The number of piperidine rings is 1. The maximum absolute atomic E-state index is 12.6. The highest BCUT2D eigenvalue weighted by Crippen LogP contribution is 2.29. The predicted molar refractivity (Wildman–Crippen MR) is 96.0 cm³/mol. The second-order valence-corrected chi connectivity index (χ2v) is 6.70. The van der Waals surface area contributed by atoms with E-state index in [4.69, 9.17) is 9.26 Å². The smallest absolute Gasteiger partial charge is 0.254 e. The monoisotopic (exact) mass is 354 g/mol. The van der Waals surface area contributed by atoms with Crippen molar-refractivity contribution in [2.24, 2.45) is 0 Å². The Kier molecular flexibility index (Phi) is 4.60. The number of amides is 1. The summed E-state index contributed by atoms with van der Waals surface area (Å²) in [5, 5.41) is 4.88. The van der Waals surface area contributed by atoms with Gasteiger partial charge in [0.05, 0.1) is 7.11 Å². The summed E-state index contributed by atoms with van der Waals surface area (Å²) in [5.74, 6) is 1.61. The Morgan fingerprint density at radius 3 is 3.19 bits per heavy atom. The lowest BCUT2D eigenvalue weighted by Crippen LogP contribution is -2.39. The number of fused-ring (bicyclic) bond motifs is 1. The van der Waals surface area contributed by atoms with E-state index in [1.165, 1.54) is 5.69 Å². The Labute approximate surface area is 151 Å². The first-order chi connectivity index (χ1) is 12.7. The molecule has 7 heteroatoms. The molecule has 1 atom stereocenters. The lowest BCUT2D eigenvalue weighted by Gasteiger charge is -2.32. The third-order valence-corrected chi connectivity index (χ3v) is 4.99. The van der Waals surface area contributed by atoms with Gasteiger partial charge in [-0.3, -0.25) is 9.78 Å². The minimum atomic E-state index is 0.155. The van der Waals surface area contributed by atoms with E-state index in [9.17, 15) is 4.79 Å². The first-order valence-corrected chi connectivity index (χ1v) is 8.93. The molecule has 1 aliphatic heterocycles. The number of hydrogen-bond donors (Lipinski definition) is 1. The van der Waals surface area contributed by atoms with E-state index in [1.807, 2.05) is 17.2 Å². The molecule has 0 unspecified atom stereocenters. The summed E-state index contributed by atoms with van der Waals surface area (Å²) in [4.78, 5) is 22.2. The van der Waals surface area contributed by atoms with Crippen LogP contribution in [0.3, 0.4) is 0 Å². The van der Waals surface area contributed by atoms with Gasteiger partial charge in [-0.25, -0.2) is 0 Å². The molecule has 26 heavy (non-hydrogen) atoms. The lowest BCUT2D eigenvalue weighted by molar-refractivity contribution is -0.132. The van der Waals surface area contributed by atoms with E-state index in [1.54, 1.807) is 19.4 Å². The fourth-order valence-electron chi connectivity index (χ4n) is 3.57. The quantitative estimate of drug-likeness (QED) is 0.761. The second-order valence-electron chi connectivity index (χ2n) is 6.70. The third-order valence-electron chi connectivity index (χ3n) is 4.99. The molecule has 1 amide bonds. The van der Waals surface area contributed by atoms with E-state index < -0.39 is 0 Å². The van der Waals surface area contributed by atoms with Crippen molar-refractivity contribution in [1.82, 2.24) is 20.0 Å². The van der Waals surface area contributed by atoms with Gasteiger partial charge in [-0.1, -0.05) is 0 Å². The minimum absolute atomic E-state index is 0.155. The molecule has 1 fully saturated rings. The molecule has 7 nitrogen and oxygen atoms in total. The Balaban J connectivity index is 1.38. The summed E-state index contributed by atoms with van der Waals surface area (Å²) in [7, 11) is 1.54. The van der Waals surface area contributed by atoms with Crippen LogP contribution in [-0.2, 0) is 11.2 Å². The van der Waals surface area contributed by atoms with Crippen LogP contribution in [0.15, 0.2) is 35.1 Å². The molecule has 0 bridgehead atoms. The largest absolute Gasteiger partial charge is 0.479 e. The topological polar surface area (TPSA) is 84.2 Å². The Hall–Kier alpha value is -2.83. The molecule has 1 saturated heterocycles. The molecule has 0 aliphatic carbocycles. The molecule has 0 radical (unpaired) electrons. The number of pyridine rings is 1. The van der Waals surface area contributed by atoms with Crippen LogP contribution >= 0.6 is 0 Å². The van der Waals surface area contributed by atoms with Gasteiger partial charge in [0.2, 0.25) is 5.91 Å². The van der Waals surface area contributed by atoms with Crippen molar-refractivity contribution in [3.63, 3.8) is 0 Å². The van der Waals surface area contributed by atoms with Crippen molar-refractivity contribution in [2.45, 2.75) is 31.6 Å². The maximum atomic E-state index is 12.6. The van der Waals surface area contributed by atoms with Gasteiger partial charge in [-0.15, -0.1) is 0 Å². The van der Waals surface area contributed by atoms with Crippen LogP contribution < -0.4 is 4.74 Å². The normalized spacial score (nSPS) is 17.6. The van der Waals surface area contributed by atoms with E-state index >= 15 is 0 Å². The van der Waals surface area contributed by atoms with E-state index in [2.05, 4.69) is 21.2 Å². The summed E-state index contributed by atoms with van der Waals surface area (Å²) in [6, 6.07) is 5.86. The van der Waals surface area contributed by atoms with Gasteiger partial charge >= 0.3 is 0 Å². The number of nitrogens with one attached hydrogen (secondary N) is 1. The van der Waals surface area contributed by atoms with Gasteiger partial charge < -0.3 is 19.1 Å². The van der Waals surface area contributed by atoms with Gasteiger partial charge in [0.1, 0.15) is 5.76 Å². The highest BCUT2D eigenvalue weighted by Gasteiger charge is 2.26. The minimum Gasteiger partial charge on any atom is -0.479 e. The fraction of sp³-hybridized carbons (Fsp3) is 0.421. The standard InChI is InChI=1S/C19H22N4O3/c1-25-18-10-15(26-22-18)4-5-19(24)23-8-2-3-13(12-23)17-9-14-11-20-7-6-16(14)21-17/h6-7,9-11,13,21H,2-5,8,12H2,1H3/t13-/m1/s1. The number of methoxy groups -OCH3 is 1. The summed E-state index contributed by atoms with van der Waals surface area (Å²) < 4.78 is 10.2. The van der Waals surface area contributed by atoms with E-state index in [-0.39, 0.29) is 5.91 Å². The van der Waals surface area contributed by atoms with Gasteiger partial charge in [0, 0.05) is 66.9 Å². The number of aromatic amines is 1. The molecule has 1 N–H and O–H groups in total. The number of carbonyl (C=O) groups excluding carboxylic acids is 1. The van der Waals surface area contributed by atoms with Gasteiger partial charge in [-0.2, -0.15) is 0 Å². The molecule has 4 rings (SSSR count). The SMILES string of the molecule is COc1cc(CCC(=O)N2CCC[C@@H](c3cc4cnccc4[nH]3)C2)on1. The van der Waals surface area contributed by atoms with Crippen molar-refractivity contribution in [2.75, 3.05) is 20.2 Å². The predicted octanol–water partition coefficient (Wildman–Crippen LogP) is 2.90. The Morgan fingerprint density at radius 2 is 2.38 bits per heavy atom. The average molecular weight is 354 g/mol. The van der Waals surface area contributed by atoms with Crippen molar-refractivity contribution in [3.05, 3.63) is 42.0 Å². The van der Waals surface area contributed by atoms with E-state index in [0.717, 1.165) is 36.8 Å². The zero-order valence-electron chi connectivity index (χ0n) is 14.8. The molecular formula is C19H22N4O3. The number of rotatable bonds is 5. The van der Waals surface area contributed by atoms with Crippen molar-refractivity contribution < 1.29 is 14.1 Å². The number of ether oxygens (including phenoxy) is 1. The number of aryl methyl sites for hydroxylation is 1. The number of nitrogens with zero attached hydrogens (tertiary/aromatic N) is 3. The molecule has 136 valence electrons. The Morgan fingerprint density at radius 1 is 1.46 bits per heavy atom. The van der Waals surface area contributed by atoms with Crippen LogP contribution in [0, 0.1) is 0 Å². The fourth-order valence-corrected chi connectivity index (χ4v) is 3.57. The molecule has 0 saturated carbocycles. The maximum Gasteiger partial charge on any atom is 0.254 e. The van der Waals surface area contributed by atoms with Crippen LogP contribution in [-0.4, -0.2) is 46.1 Å². The highest BCUT2D eigenvalue weighted by atomic mass is 16.5. The van der Waals surface area contributed by atoms with Gasteiger partial charge in [0.15, 0.2) is 0 Å². The lowest BCUT2D eigenvalue weighted by atomic mass is 9.94. The molecule has 3 aromatic heterocycles. The summed E-state index contributed by atoms with van der Waals surface area (Å²) >= 11 is 0. The Bertz CT molecular complexity index is 868. The van der Waals surface area contributed by atoms with Crippen LogP contribution in [0.5, 0.6) is 5.88 Å². The van der Waals surface area contributed by atoms with Crippen LogP contribution in [0.25, 0.3) is 10.9 Å². The molecule has 3 aromatic rings. The average Bonchev–Trinajstić information content (AvgIpc) is 3.32. The first kappa shape index (κ1) is 16.6. The number of carbonyl (C=O) groups is 1. The summed E-state index contributed by atoms with van der Waals surface area (Å²) in [6.07, 6.45) is 6.71. The summed E-state index contributed by atoms with van der Waals surface area (Å²) in [6.45, 7) is 1.57.